The SMILES string of the molecule is CCC[SiH](CCC)C[C]1([Ti+3])C(C)=C(C)C(C)=C1c1cc(C)cc(C)c1.[Cl-].[Cl-].[Cl-]. The molecular weight excluding hydrogens is 459 g/mol. The molecule has 5 heteroatoms. The van der Waals surface area contributed by atoms with Gasteiger partial charge in [-0.25, -0.2) is 0 Å². The Morgan fingerprint density at radius 1 is 0.786 bits per heavy atom. The Morgan fingerprint density at radius 3 is 1.68 bits per heavy atom. The maximum Gasteiger partial charge on any atom is -1.00 e. The average Bonchev–Trinajstić information content (AvgIpc) is 2.68. The third-order valence-electron chi connectivity index (χ3n) is 6.07. The first-order valence-corrected chi connectivity index (χ1v) is 13.2. The average molecular weight is 494 g/mol. The zero-order valence-electron chi connectivity index (χ0n) is 18.5. The maximum absolute atomic E-state index is 2.54. The van der Waals surface area contributed by atoms with Gasteiger partial charge in [0.15, 0.2) is 0 Å². The number of hydrogen-bond donors (Lipinski definition) is 0. The van der Waals surface area contributed by atoms with Crippen molar-refractivity contribution in [2.24, 2.45) is 0 Å². The van der Waals surface area contributed by atoms with E-state index in [1.165, 1.54) is 58.8 Å². The van der Waals surface area contributed by atoms with Crippen LogP contribution in [0.5, 0.6) is 0 Å². The van der Waals surface area contributed by atoms with Gasteiger partial charge in [0.2, 0.25) is 0 Å². The molecule has 0 saturated carbocycles. The van der Waals surface area contributed by atoms with Gasteiger partial charge in [0.1, 0.15) is 0 Å². The summed E-state index contributed by atoms with van der Waals surface area (Å²) in [6.45, 7) is 16.3. The van der Waals surface area contributed by atoms with E-state index in [2.05, 4.69) is 87.1 Å². The van der Waals surface area contributed by atoms with Crippen molar-refractivity contribution in [2.45, 2.75) is 83.2 Å². The molecule has 1 atom stereocenters. The molecule has 2 rings (SSSR count). The zero-order valence-corrected chi connectivity index (χ0v) is 23.5. The standard InChI is InChI=1S/C23H35Si.3ClH.Ti/c1-8-10-24(11-9-2)15-22-19(6)18(5)20(7)23(22)21-13-16(3)12-17(4)14-21;;;;/h12-14,24H,8-11,15H2,1-7H3;3*1H;/q;;;;+3/p-3. The molecule has 1 unspecified atom stereocenters. The van der Waals surface area contributed by atoms with Crippen molar-refractivity contribution < 1.29 is 57.7 Å². The topological polar surface area (TPSA) is 0 Å². The van der Waals surface area contributed by atoms with Crippen LogP contribution in [0.3, 0.4) is 0 Å². The van der Waals surface area contributed by atoms with Crippen molar-refractivity contribution in [1.82, 2.24) is 0 Å². The smallest absolute Gasteiger partial charge is 1.00 e. The molecule has 0 saturated heterocycles. The Balaban J connectivity index is 0. The molecule has 1 aliphatic carbocycles. The second-order valence-corrected chi connectivity index (χ2v) is 12.8. The number of aryl methyl sites for hydroxylation is 2. The van der Waals surface area contributed by atoms with Crippen molar-refractivity contribution in [2.75, 3.05) is 0 Å². The van der Waals surface area contributed by atoms with E-state index in [9.17, 15) is 0 Å². The molecule has 0 radical (unpaired) electrons. The van der Waals surface area contributed by atoms with Crippen LogP contribution in [0, 0.1) is 13.8 Å². The van der Waals surface area contributed by atoms with Gasteiger partial charge in [-0.3, -0.25) is 0 Å². The van der Waals surface area contributed by atoms with Gasteiger partial charge in [0.25, 0.3) is 0 Å². The van der Waals surface area contributed by atoms with Crippen LogP contribution in [0.25, 0.3) is 5.57 Å². The summed E-state index contributed by atoms with van der Waals surface area (Å²) in [6, 6.07) is 11.5. The Bertz CT molecular complexity index is 686. The Morgan fingerprint density at radius 2 is 1.25 bits per heavy atom. The molecule has 0 heterocycles. The Labute approximate surface area is 205 Å². The second kappa shape index (κ2) is 13.0. The predicted molar refractivity (Wildman–Crippen MR) is 112 cm³/mol. The van der Waals surface area contributed by atoms with Gasteiger partial charge >= 0.3 is 170 Å². The van der Waals surface area contributed by atoms with Crippen molar-refractivity contribution >= 4 is 14.4 Å². The summed E-state index contributed by atoms with van der Waals surface area (Å²) in [7, 11) is -0.702. The molecular formula is C23H35Cl3SiTi. The van der Waals surface area contributed by atoms with Crippen LogP contribution in [0.2, 0.25) is 21.9 Å². The van der Waals surface area contributed by atoms with Crippen LogP contribution in [0.4, 0.5) is 0 Å². The van der Waals surface area contributed by atoms with Crippen LogP contribution in [0.1, 0.15) is 64.2 Å². The van der Waals surface area contributed by atoms with E-state index in [4.69, 9.17) is 0 Å². The molecule has 0 N–H and O–H groups in total. The molecule has 1 aliphatic rings. The second-order valence-electron chi connectivity index (χ2n) is 8.18. The molecule has 0 bridgehead atoms. The maximum atomic E-state index is 2.54. The fourth-order valence-corrected chi connectivity index (χ4v) is 10.6. The molecule has 0 fully saturated rings. The van der Waals surface area contributed by atoms with Gasteiger partial charge in [-0.1, -0.05) is 0 Å². The number of benzene rings is 1. The molecule has 0 aliphatic heterocycles. The predicted octanol–water partition coefficient (Wildman–Crippen LogP) is -1.81. The first-order valence-electron chi connectivity index (χ1n) is 9.97. The molecule has 156 valence electrons. The van der Waals surface area contributed by atoms with Crippen LogP contribution in [-0.4, -0.2) is 8.80 Å². The van der Waals surface area contributed by atoms with Crippen molar-refractivity contribution in [3.63, 3.8) is 0 Å². The summed E-state index contributed by atoms with van der Waals surface area (Å²) in [5.41, 5.74) is 10.6. The summed E-state index contributed by atoms with van der Waals surface area (Å²) in [5.74, 6) is 0. The molecule has 0 amide bonds. The molecule has 1 aromatic rings. The fraction of sp³-hybridized carbons (Fsp3) is 0.565. The van der Waals surface area contributed by atoms with E-state index in [1.54, 1.807) is 11.1 Å². The van der Waals surface area contributed by atoms with Gasteiger partial charge < -0.3 is 37.2 Å². The van der Waals surface area contributed by atoms with Crippen LogP contribution >= 0.6 is 0 Å². The van der Waals surface area contributed by atoms with Gasteiger partial charge in [0.05, 0.1) is 0 Å². The molecule has 1 aromatic carbocycles. The van der Waals surface area contributed by atoms with E-state index in [-0.39, 0.29) is 40.9 Å². The van der Waals surface area contributed by atoms with Crippen LogP contribution in [-0.2, 0) is 20.4 Å². The summed E-state index contributed by atoms with van der Waals surface area (Å²) in [5, 5.41) is 0. The summed E-state index contributed by atoms with van der Waals surface area (Å²) in [6.07, 6.45) is 2.71. The van der Waals surface area contributed by atoms with E-state index in [0.717, 1.165) is 0 Å². The van der Waals surface area contributed by atoms with E-state index in [0.29, 0.717) is 0 Å². The quantitative estimate of drug-likeness (QED) is 0.393. The van der Waals surface area contributed by atoms with Gasteiger partial charge in [-0.2, -0.15) is 0 Å². The summed E-state index contributed by atoms with van der Waals surface area (Å²) in [4.78, 5) is 0. The minimum atomic E-state index is -0.702. The number of halogens is 3. The first kappa shape index (κ1) is 30.7. The molecule has 28 heavy (non-hydrogen) atoms. The largest absolute Gasteiger partial charge is 1.00 e. The van der Waals surface area contributed by atoms with Crippen LogP contribution < -0.4 is 37.2 Å². The summed E-state index contributed by atoms with van der Waals surface area (Å²) < 4.78 is 0.246. The minimum Gasteiger partial charge on any atom is -1.00 e. The first-order chi connectivity index (χ1) is 11.7. The monoisotopic (exact) mass is 492 g/mol. The number of rotatable bonds is 7. The van der Waals surface area contributed by atoms with Gasteiger partial charge in [0, 0.05) is 0 Å². The number of allylic oxidation sites excluding steroid dienone is 4. The van der Waals surface area contributed by atoms with E-state index >= 15 is 0 Å². The van der Waals surface area contributed by atoms with Crippen molar-refractivity contribution in [1.29, 1.82) is 0 Å². The normalized spacial score (nSPS) is 18.8. The van der Waals surface area contributed by atoms with Crippen molar-refractivity contribution in [3.8, 4) is 0 Å². The van der Waals surface area contributed by atoms with Gasteiger partial charge in [-0.05, 0) is 0 Å². The zero-order chi connectivity index (χ0) is 18.8. The summed E-state index contributed by atoms with van der Waals surface area (Å²) >= 11 is 2.54. The van der Waals surface area contributed by atoms with Gasteiger partial charge in [-0.15, -0.1) is 0 Å². The number of hydrogen-bond acceptors (Lipinski definition) is 0. The van der Waals surface area contributed by atoms with Crippen molar-refractivity contribution in [3.05, 3.63) is 51.6 Å². The minimum absolute atomic E-state index is 0. The Kier molecular flexibility index (Phi) is 14.3. The molecule has 0 spiro atoms. The van der Waals surface area contributed by atoms with E-state index in [1.807, 2.05) is 0 Å². The fourth-order valence-electron chi connectivity index (χ4n) is 4.73. The molecule has 0 aromatic heterocycles. The van der Waals surface area contributed by atoms with Crippen LogP contribution in [0.15, 0.2) is 34.9 Å². The molecule has 0 nitrogen and oxygen atoms in total. The third-order valence-corrected chi connectivity index (χ3v) is 12.0. The van der Waals surface area contributed by atoms with E-state index < -0.39 is 8.80 Å². The Hall–Kier alpha value is 0.501. The third kappa shape index (κ3) is 6.50.